The Morgan fingerprint density at radius 3 is 2.36 bits per heavy atom. The maximum Gasteiger partial charge on any atom is 0.263 e. The van der Waals surface area contributed by atoms with Gasteiger partial charge in [0.05, 0.1) is 33.7 Å². The third-order valence-electron chi connectivity index (χ3n) is 5.51. The zero-order valence-electron chi connectivity index (χ0n) is 20.3. The van der Waals surface area contributed by atoms with Gasteiger partial charge < -0.3 is 15.0 Å². The first-order chi connectivity index (χ1) is 17.2. The summed E-state index contributed by atoms with van der Waals surface area (Å²) in [6.07, 6.45) is 1.70. The molecule has 0 unspecified atom stereocenters. The van der Waals surface area contributed by atoms with E-state index < -0.39 is 10.0 Å². The smallest absolute Gasteiger partial charge is 0.263 e. The van der Waals surface area contributed by atoms with Gasteiger partial charge in [-0.15, -0.1) is 0 Å². The van der Waals surface area contributed by atoms with Crippen molar-refractivity contribution in [2.45, 2.75) is 17.7 Å². The molecule has 0 atom stereocenters. The van der Waals surface area contributed by atoms with Gasteiger partial charge in [-0.2, -0.15) is 0 Å². The zero-order valence-corrected chi connectivity index (χ0v) is 21.9. The van der Waals surface area contributed by atoms with Gasteiger partial charge in [0, 0.05) is 6.07 Å². The second kappa shape index (κ2) is 11.1. The standard InChI is InChI=1S/C26H28ClN5O3S/c1-32(2)15-7-9-18-8-6-10-20(16-18)36(33,34)31-26-25(28-22-11-4-5-12-23(22)29-26)30-24-17-19(35-3)13-14-21(24)27/h4-6,8,10-14,16-17H,7,9,15H2,1-3H3,(H,28,30)(H,29,31). The minimum atomic E-state index is -3.94. The number of methoxy groups -OCH3 is 1. The highest BCUT2D eigenvalue weighted by atomic mass is 35.5. The van der Waals surface area contributed by atoms with Gasteiger partial charge in [-0.25, -0.2) is 18.4 Å². The molecule has 1 aromatic heterocycles. The van der Waals surface area contributed by atoms with Crippen LogP contribution in [0.2, 0.25) is 5.02 Å². The average molecular weight is 526 g/mol. The number of hydrogen-bond acceptors (Lipinski definition) is 7. The van der Waals surface area contributed by atoms with Crippen molar-refractivity contribution in [2.75, 3.05) is 37.8 Å². The molecule has 4 rings (SSSR count). The monoisotopic (exact) mass is 525 g/mol. The second-order valence-corrected chi connectivity index (χ2v) is 10.6. The highest BCUT2D eigenvalue weighted by molar-refractivity contribution is 7.92. The van der Waals surface area contributed by atoms with Gasteiger partial charge in [0.25, 0.3) is 10.0 Å². The highest BCUT2D eigenvalue weighted by Crippen LogP contribution is 2.32. The normalized spacial score (nSPS) is 11.6. The largest absolute Gasteiger partial charge is 0.497 e. The van der Waals surface area contributed by atoms with Crippen LogP contribution >= 0.6 is 11.6 Å². The number of hydrogen-bond donors (Lipinski definition) is 2. The molecule has 36 heavy (non-hydrogen) atoms. The first-order valence-corrected chi connectivity index (χ1v) is 13.2. The Kier molecular flexibility index (Phi) is 7.93. The van der Waals surface area contributed by atoms with Crippen molar-refractivity contribution < 1.29 is 13.2 Å². The van der Waals surface area contributed by atoms with E-state index in [4.69, 9.17) is 16.3 Å². The van der Waals surface area contributed by atoms with Crippen molar-refractivity contribution in [1.29, 1.82) is 0 Å². The maximum atomic E-state index is 13.4. The van der Waals surface area contributed by atoms with Gasteiger partial charge in [0.2, 0.25) is 0 Å². The molecular weight excluding hydrogens is 498 g/mol. The summed E-state index contributed by atoms with van der Waals surface area (Å²) in [5.74, 6) is 0.865. The Balaban J connectivity index is 1.68. The summed E-state index contributed by atoms with van der Waals surface area (Å²) in [7, 11) is 1.64. The van der Waals surface area contributed by atoms with E-state index in [-0.39, 0.29) is 16.5 Å². The van der Waals surface area contributed by atoms with Gasteiger partial charge in [-0.05, 0) is 75.4 Å². The van der Waals surface area contributed by atoms with Crippen LogP contribution in [-0.2, 0) is 16.4 Å². The van der Waals surface area contributed by atoms with Gasteiger partial charge in [0.15, 0.2) is 11.6 Å². The van der Waals surface area contributed by atoms with Crippen LogP contribution in [0.1, 0.15) is 12.0 Å². The van der Waals surface area contributed by atoms with Crippen molar-refractivity contribution in [3.63, 3.8) is 0 Å². The van der Waals surface area contributed by atoms with Crippen molar-refractivity contribution >= 4 is 50.0 Å². The fourth-order valence-electron chi connectivity index (χ4n) is 3.67. The van der Waals surface area contributed by atoms with Crippen LogP contribution in [0.5, 0.6) is 5.75 Å². The predicted octanol–water partition coefficient (Wildman–Crippen LogP) is 5.33. The lowest BCUT2D eigenvalue weighted by Crippen LogP contribution is -2.16. The van der Waals surface area contributed by atoms with Crippen molar-refractivity contribution in [3.05, 3.63) is 77.3 Å². The fourth-order valence-corrected chi connectivity index (χ4v) is 4.91. The van der Waals surface area contributed by atoms with E-state index in [2.05, 4.69) is 24.9 Å². The summed E-state index contributed by atoms with van der Waals surface area (Å²) >= 11 is 6.37. The summed E-state index contributed by atoms with van der Waals surface area (Å²) in [6.45, 7) is 0.920. The fraction of sp³-hybridized carbons (Fsp3) is 0.231. The van der Waals surface area contributed by atoms with Crippen LogP contribution in [0.3, 0.4) is 0 Å². The third kappa shape index (κ3) is 6.23. The molecule has 0 aliphatic rings. The molecule has 0 aliphatic carbocycles. The number of nitrogens with one attached hydrogen (secondary N) is 2. The van der Waals surface area contributed by atoms with Crippen molar-refractivity contribution in [3.8, 4) is 5.75 Å². The number of anilines is 3. The molecule has 0 radical (unpaired) electrons. The molecule has 4 aromatic rings. The highest BCUT2D eigenvalue weighted by Gasteiger charge is 2.20. The van der Waals surface area contributed by atoms with Crippen LogP contribution in [0.4, 0.5) is 17.3 Å². The number of para-hydroxylation sites is 2. The van der Waals surface area contributed by atoms with E-state index in [0.717, 1.165) is 24.9 Å². The van der Waals surface area contributed by atoms with E-state index in [1.807, 2.05) is 32.3 Å². The van der Waals surface area contributed by atoms with E-state index >= 15 is 0 Å². The molecule has 0 fully saturated rings. The molecule has 188 valence electrons. The lowest BCUT2D eigenvalue weighted by atomic mass is 10.1. The lowest BCUT2D eigenvalue weighted by molar-refractivity contribution is 0.400. The Labute approximate surface area is 216 Å². The Hall–Kier alpha value is -3.40. The number of aromatic nitrogens is 2. The summed E-state index contributed by atoms with van der Waals surface area (Å²) < 4.78 is 34.7. The van der Waals surface area contributed by atoms with Gasteiger partial charge in [-0.1, -0.05) is 35.9 Å². The van der Waals surface area contributed by atoms with E-state index in [9.17, 15) is 8.42 Å². The van der Waals surface area contributed by atoms with Gasteiger partial charge >= 0.3 is 0 Å². The average Bonchev–Trinajstić information content (AvgIpc) is 2.85. The van der Waals surface area contributed by atoms with E-state index in [1.54, 1.807) is 55.6 Å². The predicted molar refractivity (Wildman–Crippen MR) is 145 cm³/mol. The van der Waals surface area contributed by atoms with E-state index in [1.165, 1.54) is 0 Å². The number of ether oxygens (including phenoxy) is 1. The lowest BCUT2D eigenvalue weighted by Gasteiger charge is -2.15. The number of nitrogens with zero attached hydrogens (tertiary/aromatic N) is 3. The number of aryl methyl sites for hydroxylation is 1. The summed E-state index contributed by atoms with van der Waals surface area (Å²) in [5, 5.41) is 3.54. The SMILES string of the molecule is COc1ccc(Cl)c(Nc2nc3ccccc3nc2NS(=O)(=O)c2cccc(CCCN(C)C)c2)c1. The van der Waals surface area contributed by atoms with Crippen LogP contribution in [0.25, 0.3) is 11.0 Å². The number of rotatable bonds is 10. The molecular formula is C26H28ClN5O3S. The minimum Gasteiger partial charge on any atom is -0.497 e. The summed E-state index contributed by atoms with van der Waals surface area (Å²) in [6, 6.07) is 19.3. The maximum absolute atomic E-state index is 13.4. The van der Waals surface area contributed by atoms with Gasteiger partial charge in [0.1, 0.15) is 5.75 Å². The third-order valence-corrected chi connectivity index (χ3v) is 7.17. The Morgan fingerprint density at radius 1 is 0.944 bits per heavy atom. The number of fused-ring (bicyclic) bond motifs is 1. The molecule has 0 aliphatic heterocycles. The molecule has 0 amide bonds. The molecule has 2 N–H and O–H groups in total. The quantitative estimate of drug-likeness (QED) is 0.289. The van der Waals surface area contributed by atoms with Crippen LogP contribution in [0, 0.1) is 0 Å². The van der Waals surface area contributed by atoms with Crippen LogP contribution in [0.15, 0.2) is 71.6 Å². The van der Waals surface area contributed by atoms with Gasteiger partial charge in [-0.3, -0.25) is 4.72 Å². The van der Waals surface area contributed by atoms with E-state index in [0.29, 0.717) is 27.5 Å². The number of sulfonamides is 1. The van der Waals surface area contributed by atoms with Crippen molar-refractivity contribution in [1.82, 2.24) is 14.9 Å². The second-order valence-electron chi connectivity index (χ2n) is 8.54. The first kappa shape index (κ1) is 25.7. The number of halogens is 1. The minimum absolute atomic E-state index is 0.0607. The molecule has 0 bridgehead atoms. The molecule has 10 heteroatoms. The summed E-state index contributed by atoms with van der Waals surface area (Å²) in [5.41, 5.74) is 2.61. The van der Waals surface area contributed by atoms with Crippen LogP contribution in [-0.4, -0.2) is 51.0 Å². The molecule has 0 saturated carbocycles. The molecule has 0 spiro atoms. The topological polar surface area (TPSA) is 96.5 Å². The van der Waals surface area contributed by atoms with Crippen molar-refractivity contribution in [2.24, 2.45) is 0 Å². The number of benzene rings is 3. The summed E-state index contributed by atoms with van der Waals surface area (Å²) in [4.78, 5) is 11.4. The Morgan fingerprint density at radius 2 is 1.67 bits per heavy atom. The first-order valence-electron chi connectivity index (χ1n) is 11.4. The van der Waals surface area contributed by atoms with Crippen LogP contribution < -0.4 is 14.8 Å². The molecule has 0 saturated heterocycles. The Bertz CT molecular complexity index is 1480. The molecule has 1 heterocycles. The molecule has 8 nitrogen and oxygen atoms in total. The zero-order chi connectivity index (χ0) is 25.7. The molecule has 3 aromatic carbocycles.